The van der Waals surface area contributed by atoms with E-state index in [0.29, 0.717) is 0 Å². The van der Waals surface area contributed by atoms with E-state index in [1.807, 2.05) is 12.1 Å². The number of benzene rings is 2. The van der Waals surface area contributed by atoms with Gasteiger partial charge < -0.3 is 29.6 Å². The third-order valence-corrected chi connectivity index (χ3v) is 4.28. The molecule has 2 aliphatic carbocycles. The van der Waals surface area contributed by atoms with Crippen LogP contribution in [-0.2, 0) is 32.6 Å². The fraction of sp³-hybridized carbons (Fsp3) is 0.238. The van der Waals surface area contributed by atoms with E-state index in [4.69, 9.17) is 4.74 Å². The summed E-state index contributed by atoms with van der Waals surface area (Å²) in [6.07, 6.45) is 7.38. The third-order valence-electron chi connectivity index (χ3n) is 4.28. The van der Waals surface area contributed by atoms with Crippen molar-refractivity contribution < 1.29 is 55.8 Å². The fourth-order valence-electron chi connectivity index (χ4n) is 2.89. The number of allylic oxidation sites excluding steroid dienone is 4. The van der Waals surface area contributed by atoms with Crippen LogP contribution in [-0.4, -0.2) is 7.11 Å². The van der Waals surface area contributed by atoms with Gasteiger partial charge in [0, 0.05) is 5.75 Å². The van der Waals surface area contributed by atoms with Crippen LogP contribution in [0.5, 0.6) is 5.75 Å². The molecule has 128 valence electrons. The maximum Gasteiger partial charge on any atom is 4.00 e. The third kappa shape index (κ3) is 5.33. The molecule has 2 aromatic carbocycles. The van der Waals surface area contributed by atoms with Crippen LogP contribution in [0.4, 0.5) is 0 Å². The van der Waals surface area contributed by atoms with Crippen LogP contribution in [0, 0.1) is 12.1 Å². The van der Waals surface area contributed by atoms with Gasteiger partial charge in [0.2, 0.25) is 0 Å². The number of halogens is 2. The summed E-state index contributed by atoms with van der Waals surface area (Å²) >= 11 is 0. The first-order chi connectivity index (χ1) is 10.7. The van der Waals surface area contributed by atoms with Gasteiger partial charge in [0.25, 0.3) is 0 Å². The Morgan fingerprint density at radius 3 is 2.32 bits per heavy atom. The van der Waals surface area contributed by atoms with E-state index < -0.39 is 0 Å². The van der Waals surface area contributed by atoms with Crippen molar-refractivity contribution in [3.63, 3.8) is 0 Å². The minimum Gasteiger partial charge on any atom is -1.00 e. The summed E-state index contributed by atoms with van der Waals surface area (Å²) in [7, 11) is 1.72. The molecule has 25 heavy (non-hydrogen) atoms. The molecule has 0 bridgehead atoms. The zero-order chi connectivity index (χ0) is 15.5. The number of methoxy groups -OCH3 is 1. The number of ether oxygens (including phenoxy) is 1. The van der Waals surface area contributed by atoms with Gasteiger partial charge in [-0.05, 0) is 12.0 Å². The number of fused-ring (bicyclic) bond motifs is 3. The van der Waals surface area contributed by atoms with Gasteiger partial charge in [0.1, 0.15) is 0 Å². The van der Waals surface area contributed by atoms with Gasteiger partial charge in [-0.2, -0.15) is 18.2 Å². The molecule has 0 saturated carbocycles. The molecule has 0 radical (unpaired) electrons. The van der Waals surface area contributed by atoms with E-state index >= 15 is 0 Å². The van der Waals surface area contributed by atoms with E-state index in [9.17, 15) is 0 Å². The summed E-state index contributed by atoms with van der Waals surface area (Å²) in [4.78, 5) is 0. The second kappa shape index (κ2) is 11.0. The Bertz CT molecular complexity index is 750. The molecule has 0 atom stereocenters. The normalized spacial score (nSPS) is 12.6. The summed E-state index contributed by atoms with van der Waals surface area (Å²) in [6, 6.07) is 15.7. The van der Waals surface area contributed by atoms with Gasteiger partial charge in [-0.1, -0.05) is 42.3 Å². The van der Waals surface area contributed by atoms with Crippen LogP contribution in [0.3, 0.4) is 0 Å². The largest absolute Gasteiger partial charge is 4.00 e. The summed E-state index contributed by atoms with van der Waals surface area (Å²) in [5, 5.41) is 0. The van der Waals surface area contributed by atoms with E-state index in [1.165, 1.54) is 33.4 Å². The SMILES string of the molecule is CC1=[C-]CC=C1C.COc1cc[c-]c2c1-c1ccccc1C2.[Cl-].[Cl-].[Zr+4]. The monoisotopic (exact) mass is 448 g/mol. The van der Waals surface area contributed by atoms with Crippen LogP contribution in [0.15, 0.2) is 53.6 Å². The van der Waals surface area contributed by atoms with Crippen molar-refractivity contribution in [2.45, 2.75) is 26.7 Å². The molecule has 0 N–H and O–H groups in total. The van der Waals surface area contributed by atoms with Gasteiger partial charge in [-0.15, -0.1) is 25.0 Å². The van der Waals surface area contributed by atoms with Crippen molar-refractivity contribution in [2.75, 3.05) is 7.11 Å². The van der Waals surface area contributed by atoms with Crippen LogP contribution >= 0.6 is 0 Å². The van der Waals surface area contributed by atoms with Crippen molar-refractivity contribution in [3.05, 3.63) is 76.9 Å². The quantitative estimate of drug-likeness (QED) is 0.440. The van der Waals surface area contributed by atoms with Crippen molar-refractivity contribution in [1.29, 1.82) is 0 Å². The second-order valence-electron chi connectivity index (χ2n) is 5.63. The smallest absolute Gasteiger partial charge is 1.00 e. The van der Waals surface area contributed by atoms with E-state index in [0.717, 1.165) is 18.6 Å². The Labute approximate surface area is 182 Å². The van der Waals surface area contributed by atoms with Crippen LogP contribution in [0.2, 0.25) is 0 Å². The molecule has 2 aromatic rings. The fourth-order valence-corrected chi connectivity index (χ4v) is 2.89. The Hall–Kier alpha value is -0.817. The predicted molar refractivity (Wildman–Crippen MR) is 90.9 cm³/mol. The van der Waals surface area contributed by atoms with Crippen LogP contribution < -0.4 is 29.6 Å². The number of hydrogen-bond donors (Lipinski definition) is 0. The molecule has 0 amide bonds. The molecule has 0 saturated heterocycles. The Morgan fingerprint density at radius 1 is 1.04 bits per heavy atom. The van der Waals surface area contributed by atoms with Gasteiger partial charge in [0.05, 0.1) is 7.11 Å². The van der Waals surface area contributed by atoms with Gasteiger partial charge in [0.15, 0.2) is 0 Å². The first kappa shape index (κ1) is 24.2. The van der Waals surface area contributed by atoms with Gasteiger partial charge >= 0.3 is 26.2 Å². The molecule has 0 aliphatic heterocycles. The summed E-state index contributed by atoms with van der Waals surface area (Å²) < 4.78 is 5.39. The summed E-state index contributed by atoms with van der Waals surface area (Å²) in [6.45, 7) is 4.22. The van der Waals surface area contributed by atoms with Crippen LogP contribution in [0.1, 0.15) is 31.4 Å². The zero-order valence-electron chi connectivity index (χ0n) is 14.6. The average Bonchev–Trinajstić information content (AvgIpc) is 3.11. The molecule has 4 heteroatoms. The molecule has 0 aromatic heterocycles. The Kier molecular flexibility index (Phi) is 10.7. The molecule has 2 aliphatic rings. The molecule has 0 unspecified atom stereocenters. The van der Waals surface area contributed by atoms with Crippen molar-refractivity contribution in [3.8, 4) is 16.9 Å². The minimum absolute atomic E-state index is 0. The van der Waals surface area contributed by atoms with Crippen molar-refractivity contribution in [1.82, 2.24) is 0 Å². The minimum atomic E-state index is 0. The molecule has 0 fully saturated rings. The maximum atomic E-state index is 5.39. The Balaban J connectivity index is 0.000000501. The van der Waals surface area contributed by atoms with E-state index in [2.05, 4.69) is 56.3 Å². The van der Waals surface area contributed by atoms with Crippen LogP contribution in [0.25, 0.3) is 11.1 Å². The second-order valence-corrected chi connectivity index (χ2v) is 5.63. The summed E-state index contributed by atoms with van der Waals surface area (Å²) in [5.74, 6) is 0.952. The van der Waals surface area contributed by atoms with Crippen molar-refractivity contribution in [2.24, 2.45) is 0 Å². The average molecular weight is 451 g/mol. The molecular weight excluding hydrogens is 430 g/mol. The van der Waals surface area contributed by atoms with Crippen molar-refractivity contribution >= 4 is 0 Å². The van der Waals surface area contributed by atoms with Gasteiger partial charge in [-0.25, -0.2) is 11.1 Å². The maximum absolute atomic E-state index is 5.39. The standard InChI is InChI=1S/C14H11O.C7H9.2ClH.Zr/c1-15-13-8-4-6-11-9-10-5-2-3-7-12(10)14(11)13;1-6-4-3-5-7(6)2;;;/h2-5,7-8H,9H2,1H3;4H,3H2,1-2H3;2*1H;/q2*-1;;;+4/p-2. The number of rotatable bonds is 1. The first-order valence-corrected chi connectivity index (χ1v) is 7.61. The summed E-state index contributed by atoms with van der Waals surface area (Å²) in [5.41, 5.74) is 7.83. The predicted octanol–water partition coefficient (Wildman–Crippen LogP) is -0.842. The molecule has 0 spiro atoms. The first-order valence-electron chi connectivity index (χ1n) is 7.61. The topological polar surface area (TPSA) is 9.23 Å². The molecular formula is C21H20Cl2OZr. The Morgan fingerprint density at radius 2 is 1.76 bits per heavy atom. The zero-order valence-corrected chi connectivity index (χ0v) is 18.6. The number of hydrogen-bond acceptors (Lipinski definition) is 1. The molecule has 0 heterocycles. The van der Waals surface area contributed by atoms with E-state index in [-0.39, 0.29) is 51.0 Å². The molecule has 4 rings (SSSR count). The van der Waals surface area contributed by atoms with E-state index in [1.54, 1.807) is 7.11 Å². The molecule has 1 nitrogen and oxygen atoms in total. The van der Waals surface area contributed by atoms with Gasteiger partial charge in [-0.3, -0.25) is 6.08 Å².